The van der Waals surface area contributed by atoms with Gasteiger partial charge in [0.25, 0.3) is 0 Å². The molecule has 6 heteroatoms. The van der Waals surface area contributed by atoms with Gasteiger partial charge in [-0.25, -0.2) is 4.79 Å². The van der Waals surface area contributed by atoms with E-state index in [9.17, 15) is 10.1 Å². The van der Waals surface area contributed by atoms with Crippen LogP contribution in [0.2, 0.25) is 0 Å². The van der Waals surface area contributed by atoms with Gasteiger partial charge < -0.3 is 18.6 Å². The van der Waals surface area contributed by atoms with Crippen LogP contribution in [-0.4, -0.2) is 19.4 Å². The quantitative estimate of drug-likeness (QED) is 0.457. The minimum absolute atomic E-state index is 0.181. The van der Waals surface area contributed by atoms with Crippen LogP contribution in [0.5, 0.6) is 11.5 Å². The van der Waals surface area contributed by atoms with Crippen LogP contribution in [-0.2, 0) is 4.74 Å². The molecule has 0 amide bonds. The lowest BCUT2D eigenvalue weighted by atomic mass is 10.1. The van der Waals surface area contributed by atoms with E-state index in [0.717, 1.165) is 5.56 Å². The number of benzene rings is 2. The highest BCUT2D eigenvalue weighted by molar-refractivity contribution is 5.90. The Bertz CT molecular complexity index is 1120. The van der Waals surface area contributed by atoms with Crippen LogP contribution in [0.3, 0.4) is 0 Å². The minimum Gasteiger partial charge on any atom is -0.462 e. The van der Waals surface area contributed by atoms with E-state index in [1.165, 1.54) is 0 Å². The van der Waals surface area contributed by atoms with Gasteiger partial charge in [0.05, 0.1) is 23.8 Å². The minimum atomic E-state index is -0.357. The Kier molecular flexibility index (Phi) is 5.04. The first-order valence-corrected chi connectivity index (χ1v) is 9.07. The Labute approximate surface area is 167 Å². The number of hydrogen-bond donors (Lipinski definition) is 0. The number of carbonyl (C=O) groups is 1. The van der Waals surface area contributed by atoms with E-state index in [-0.39, 0.29) is 12.8 Å². The number of hydrogen-bond acceptors (Lipinski definition) is 6. The molecule has 1 aliphatic rings. The highest BCUT2D eigenvalue weighted by Crippen LogP contribution is 2.35. The summed E-state index contributed by atoms with van der Waals surface area (Å²) in [6, 6.07) is 18.1. The molecule has 2 heterocycles. The zero-order valence-electron chi connectivity index (χ0n) is 15.7. The van der Waals surface area contributed by atoms with Gasteiger partial charge in [0.15, 0.2) is 11.5 Å². The number of rotatable bonds is 5. The van der Waals surface area contributed by atoms with Gasteiger partial charge in [-0.15, -0.1) is 0 Å². The number of carbonyl (C=O) groups excluding carboxylic acids is 1. The van der Waals surface area contributed by atoms with Gasteiger partial charge >= 0.3 is 5.97 Å². The standard InChI is InChI=1S/C23H17NO5/c1-2-26-23(25)16-5-3-15(4-6-16)20-10-8-19(29-20)11-18(13-24)17-7-9-21-22(12-17)28-14-27-21/h3-12H,2,14H2,1H3/b18-11-. The van der Waals surface area contributed by atoms with Gasteiger partial charge in [0, 0.05) is 5.56 Å². The van der Waals surface area contributed by atoms with E-state index in [0.29, 0.717) is 46.3 Å². The molecule has 0 aliphatic carbocycles. The van der Waals surface area contributed by atoms with Gasteiger partial charge in [0.1, 0.15) is 11.5 Å². The second-order valence-corrected chi connectivity index (χ2v) is 6.24. The lowest BCUT2D eigenvalue weighted by molar-refractivity contribution is 0.0526. The van der Waals surface area contributed by atoms with E-state index in [1.807, 2.05) is 6.07 Å². The molecule has 1 aliphatic heterocycles. The van der Waals surface area contributed by atoms with Gasteiger partial charge in [-0.05, 0) is 61.0 Å². The fourth-order valence-corrected chi connectivity index (χ4v) is 2.96. The molecule has 0 atom stereocenters. The number of nitrogens with zero attached hydrogens (tertiary/aromatic N) is 1. The van der Waals surface area contributed by atoms with Crippen molar-refractivity contribution in [2.75, 3.05) is 13.4 Å². The number of allylic oxidation sites excluding steroid dienone is 1. The Morgan fingerprint density at radius 2 is 1.83 bits per heavy atom. The monoisotopic (exact) mass is 387 g/mol. The van der Waals surface area contributed by atoms with Crippen LogP contribution in [0.4, 0.5) is 0 Å². The highest BCUT2D eigenvalue weighted by Gasteiger charge is 2.15. The average Bonchev–Trinajstić information content (AvgIpc) is 3.41. The van der Waals surface area contributed by atoms with E-state index < -0.39 is 0 Å². The van der Waals surface area contributed by atoms with Gasteiger partial charge in [-0.1, -0.05) is 12.1 Å². The molecule has 1 aromatic heterocycles. The van der Waals surface area contributed by atoms with E-state index >= 15 is 0 Å². The largest absolute Gasteiger partial charge is 0.462 e. The molecule has 0 spiro atoms. The topological polar surface area (TPSA) is 81.7 Å². The van der Waals surface area contributed by atoms with Gasteiger partial charge in [-0.2, -0.15) is 5.26 Å². The maximum absolute atomic E-state index is 11.8. The Balaban J connectivity index is 1.56. The van der Waals surface area contributed by atoms with E-state index in [1.54, 1.807) is 61.5 Å². The molecule has 4 rings (SSSR count). The van der Waals surface area contributed by atoms with Gasteiger partial charge in [0.2, 0.25) is 6.79 Å². The van der Waals surface area contributed by atoms with Crippen molar-refractivity contribution in [1.29, 1.82) is 5.26 Å². The number of fused-ring (bicyclic) bond motifs is 1. The molecule has 0 N–H and O–H groups in total. The third-order valence-corrected chi connectivity index (χ3v) is 4.40. The van der Waals surface area contributed by atoms with Crippen LogP contribution in [0.1, 0.15) is 28.6 Å². The van der Waals surface area contributed by atoms with Crippen LogP contribution in [0, 0.1) is 11.3 Å². The van der Waals surface area contributed by atoms with Crippen LogP contribution in [0.15, 0.2) is 59.0 Å². The normalized spacial score (nSPS) is 12.5. The smallest absolute Gasteiger partial charge is 0.338 e. The molecule has 144 valence electrons. The lowest BCUT2D eigenvalue weighted by Crippen LogP contribution is -2.03. The zero-order chi connectivity index (χ0) is 20.2. The third kappa shape index (κ3) is 3.85. The molecule has 3 aromatic rings. The summed E-state index contributed by atoms with van der Waals surface area (Å²) in [7, 11) is 0. The number of nitriles is 1. The maximum atomic E-state index is 11.8. The molecule has 0 saturated carbocycles. The summed E-state index contributed by atoms with van der Waals surface area (Å²) < 4.78 is 21.5. The van der Waals surface area contributed by atoms with Crippen LogP contribution in [0.25, 0.3) is 23.0 Å². The lowest BCUT2D eigenvalue weighted by Gasteiger charge is -2.03. The summed E-state index contributed by atoms with van der Waals surface area (Å²) in [5.41, 5.74) is 2.46. The number of esters is 1. The van der Waals surface area contributed by atoms with E-state index in [2.05, 4.69) is 6.07 Å². The molecule has 0 unspecified atom stereocenters. The summed E-state index contributed by atoms with van der Waals surface area (Å²) in [4.78, 5) is 11.8. The summed E-state index contributed by atoms with van der Waals surface area (Å²) in [5, 5.41) is 9.56. The SMILES string of the molecule is CCOC(=O)c1ccc(-c2ccc(/C=C(/C#N)c3ccc4c(c3)OCO4)o2)cc1. The van der Waals surface area contributed by atoms with Crippen molar-refractivity contribution in [3.05, 3.63) is 71.5 Å². The molecule has 2 aromatic carbocycles. The summed E-state index contributed by atoms with van der Waals surface area (Å²) >= 11 is 0. The molecule has 6 nitrogen and oxygen atoms in total. The zero-order valence-corrected chi connectivity index (χ0v) is 15.7. The summed E-state index contributed by atoms with van der Waals surface area (Å²) in [5.74, 6) is 2.10. The van der Waals surface area contributed by atoms with Crippen molar-refractivity contribution in [3.8, 4) is 28.9 Å². The molecule has 0 saturated heterocycles. The summed E-state index contributed by atoms with van der Waals surface area (Å²) in [6.45, 7) is 2.28. The first kappa shape index (κ1) is 18.4. The molecule has 0 radical (unpaired) electrons. The van der Waals surface area contributed by atoms with E-state index in [4.69, 9.17) is 18.6 Å². The second kappa shape index (κ2) is 7.95. The third-order valence-electron chi connectivity index (χ3n) is 4.40. The molecule has 0 bridgehead atoms. The van der Waals surface area contributed by atoms with Crippen molar-refractivity contribution >= 4 is 17.6 Å². The maximum Gasteiger partial charge on any atom is 0.338 e. The Hall–Kier alpha value is -3.98. The second-order valence-electron chi connectivity index (χ2n) is 6.24. The fraction of sp³-hybridized carbons (Fsp3) is 0.130. The molecular weight excluding hydrogens is 370 g/mol. The van der Waals surface area contributed by atoms with Crippen molar-refractivity contribution in [2.24, 2.45) is 0 Å². The van der Waals surface area contributed by atoms with Crippen molar-refractivity contribution < 1.29 is 23.4 Å². The van der Waals surface area contributed by atoms with Crippen LogP contribution >= 0.6 is 0 Å². The van der Waals surface area contributed by atoms with Crippen molar-refractivity contribution in [2.45, 2.75) is 6.92 Å². The Morgan fingerprint density at radius 3 is 2.59 bits per heavy atom. The molecule has 0 fully saturated rings. The predicted octanol–water partition coefficient (Wildman–Crippen LogP) is 4.92. The van der Waals surface area contributed by atoms with Crippen molar-refractivity contribution in [3.63, 3.8) is 0 Å². The molecule has 29 heavy (non-hydrogen) atoms. The van der Waals surface area contributed by atoms with Crippen LogP contribution < -0.4 is 9.47 Å². The van der Waals surface area contributed by atoms with Gasteiger partial charge in [-0.3, -0.25) is 0 Å². The predicted molar refractivity (Wildman–Crippen MR) is 106 cm³/mol. The van der Waals surface area contributed by atoms with Crippen molar-refractivity contribution in [1.82, 2.24) is 0 Å². The average molecular weight is 387 g/mol. The fourth-order valence-electron chi connectivity index (χ4n) is 2.96. The highest BCUT2D eigenvalue weighted by atomic mass is 16.7. The first-order chi connectivity index (χ1) is 14.2. The summed E-state index contributed by atoms with van der Waals surface area (Å²) in [6.07, 6.45) is 1.67. The first-order valence-electron chi connectivity index (χ1n) is 9.07. The molecular formula is C23H17NO5. The number of ether oxygens (including phenoxy) is 3. The number of furan rings is 1. The Morgan fingerprint density at radius 1 is 1.07 bits per heavy atom.